The average Bonchev–Trinajstić information content (AvgIpc) is 2.76. The summed E-state index contributed by atoms with van der Waals surface area (Å²) < 4.78 is 1.79. The number of rotatable bonds is 6. The molecule has 2 heterocycles. The molecule has 0 atom stereocenters. The molecule has 7 heteroatoms. The first kappa shape index (κ1) is 13.5. The first-order chi connectivity index (χ1) is 9.24. The highest BCUT2D eigenvalue weighted by atomic mass is 16.2. The third kappa shape index (κ3) is 3.11. The number of aryl methyl sites for hydroxylation is 1. The maximum Gasteiger partial charge on any atom is 0.272 e. The van der Waals surface area contributed by atoms with Gasteiger partial charge < -0.3 is 16.0 Å². The number of aromatic nitrogens is 2. The van der Waals surface area contributed by atoms with Crippen LogP contribution >= 0.6 is 0 Å². The van der Waals surface area contributed by atoms with Crippen molar-refractivity contribution in [1.29, 1.82) is 0 Å². The quantitative estimate of drug-likeness (QED) is 0.451. The molecule has 1 aliphatic heterocycles. The van der Waals surface area contributed by atoms with Gasteiger partial charge >= 0.3 is 0 Å². The van der Waals surface area contributed by atoms with Crippen molar-refractivity contribution >= 4 is 12.3 Å². The van der Waals surface area contributed by atoms with E-state index in [1.165, 1.54) is 0 Å². The van der Waals surface area contributed by atoms with Gasteiger partial charge in [-0.25, -0.2) is 0 Å². The molecule has 1 aromatic rings. The highest BCUT2D eigenvalue weighted by Gasteiger charge is 2.23. The van der Waals surface area contributed by atoms with Crippen molar-refractivity contribution in [2.24, 2.45) is 7.05 Å². The molecule has 0 saturated heterocycles. The smallest absolute Gasteiger partial charge is 0.272 e. The molecule has 19 heavy (non-hydrogen) atoms. The number of hydrogen-bond donors (Lipinski definition) is 3. The van der Waals surface area contributed by atoms with E-state index in [0.717, 1.165) is 24.2 Å². The van der Waals surface area contributed by atoms with Crippen molar-refractivity contribution in [2.75, 3.05) is 19.6 Å². The van der Waals surface area contributed by atoms with E-state index in [1.807, 2.05) is 7.05 Å². The van der Waals surface area contributed by atoms with Gasteiger partial charge in [0.05, 0.1) is 0 Å². The zero-order chi connectivity index (χ0) is 13.7. The lowest BCUT2D eigenvalue weighted by atomic mass is 10.1. The third-order valence-corrected chi connectivity index (χ3v) is 3.20. The molecule has 0 aromatic carbocycles. The molecule has 0 fully saturated rings. The second-order valence-electron chi connectivity index (χ2n) is 4.51. The largest absolute Gasteiger partial charge is 0.359 e. The Labute approximate surface area is 111 Å². The van der Waals surface area contributed by atoms with Crippen LogP contribution in [-0.4, -0.2) is 41.7 Å². The van der Waals surface area contributed by atoms with Crippen molar-refractivity contribution in [3.05, 3.63) is 17.0 Å². The van der Waals surface area contributed by atoms with Gasteiger partial charge in [-0.3, -0.25) is 14.3 Å². The van der Waals surface area contributed by atoms with Crippen LogP contribution in [0.4, 0.5) is 0 Å². The molecule has 0 bridgehead atoms. The minimum Gasteiger partial charge on any atom is -0.359 e. The van der Waals surface area contributed by atoms with Gasteiger partial charge in [0.25, 0.3) is 5.91 Å². The number of nitrogens with zero attached hydrogens (tertiary/aromatic N) is 2. The predicted molar refractivity (Wildman–Crippen MR) is 69.6 cm³/mol. The van der Waals surface area contributed by atoms with Crippen LogP contribution in [0.15, 0.2) is 0 Å². The van der Waals surface area contributed by atoms with E-state index < -0.39 is 0 Å². The molecule has 1 aromatic heterocycles. The lowest BCUT2D eigenvalue weighted by Gasteiger charge is -2.14. The molecule has 104 valence electrons. The highest BCUT2D eigenvalue weighted by molar-refractivity contribution is 5.94. The van der Waals surface area contributed by atoms with Gasteiger partial charge in [-0.15, -0.1) is 0 Å². The van der Waals surface area contributed by atoms with Crippen LogP contribution in [0, 0.1) is 0 Å². The Morgan fingerprint density at radius 1 is 1.53 bits per heavy atom. The van der Waals surface area contributed by atoms with Crippen molar-refractivity contribution < 1.29 is 9.59 Å². The van der Waals surface area contributed by atoms with Crippen molar-refractivity contribution in [2.45, 2.75) is 19.4 Å². The Balaban J connectivity index is 1.94. The molecule has 0 spiro atoms. The summed E-state index contributed by atoms with van der Waals surface area (Å²) in [4.78, 5) is 22.1. The summed E-state index contributed by atoms with van der Waals surface area (Å²) in [5, 5.41) is 12.9. The van der Waals surface area contributed by atoms with E-state index in [4.69, 9.17) is 0 Å². The number of hydrogen-bond acceptors (Lipinski definition) is 4. The molecule has 0 unspecified atom stereocenters. The fourth-order valence-corrected chi connectivity index (χ4v) is 2.24. The summed E-state index contributed by atoms with van der Waals surface area (Å²) in [5.74, 6) is -0.147. The third-order valence-electron chi connectivity index (χ3n) is 3.20. The number of nitrogens with one attached hydrogen (secondary N) is 3. The molecule has 0 aliphatic carbocycles. The molecular formula is C12H19N5O2. The van der Waals surface area contributed by atoms with Crippen LogP contribution in [0.2, 0.25) is 0 Å². The average molecular weight is 265 g/mol. The minimum atomic E-state index is -0.147. The summed E-state index contributed by atoms with van der Waals surface area (Å²) in [6, 6.07) is 0. The molecule has 7 nitrogen and oxygen atoms in total. The molecular weight excluding hydrogens is 246 g/mol. The SMILES string of the molecule is Cn1nc(C(=O)NCCCNC=O)c2c1CCNC2. The van der Waals surface area contributed by atoms with Crippen LogP contribution in [0.25, 0.3) is 0 Å². The maximum atomic E-state index is 12.1. The topological polar surface area (TPSA) is 88.1 Å². The molecule has 3 N–H and O–H groups in total. The highest BCUT2D eigenvalue weighted by Crippen LogP contribution is 2.17. The Morgan fingerprint density at radius 3 is 3.16 bits per heavy atom. The molecule has 0 saturated carbocycles. The van der Waals surface area contributed by atoms with Gasteiger partial charge in [0, 0.05) is 50.9 Å². The standard InChI is InChI=1S/C12H19N5O2/c1-17-10-3-6-13-7-9(10)11(16-17)12(19)15-5-2-4-14-8-18/h8,13H,2-7H2,1H3,(H,14,18)(H,15,19). The first-order valence-electron chi connectivity index (χ1n) is 6.44. The van der Waals surface area contributed by atoms with Gasteiger partial charge in [0.15, 0.2) is 5.69 Å². The summed E-state index contributed by atoms with van der Waals surface area (Å²) in [5.41, 5.74) is 2.64. The van der Waals surface area contributed by atoms with Crippen LogP contribution in [0.1, 0.15) is 28.2 Å². The van der Waals surface area contributed by atoms with Gasteiger partial charge in [-0.2, -0.15) is 5.10 Å². The fraction of sp³-hybridized carbons (Fsp3) is 0.583. The van der Waals surface area contributed by atoms with E-state index in [2.05, 4.69) is 21.0 Å². The molecule has 1 aliphatic rings. The Hall–Kier alpha value is -1.89. The molecule has 2 rings (SSSR count). The minimum absolute atomic E-state index is 0.147. The Kier molecular flexibility index (Phi) is 4.51. The van der Waals surface area contributed by atoms with Crippen LogP contribution in [0.5, 0.6) is 0 Å². The summed E-state index contributed by atoms with van der Waals surface area (Å²) in [6.45, 7) is 2.70. The second-order valence-corrected chi connectivity index (χ2v) is 4.51. The number of carbonyl (C=O) groups is 2. The van der Waals surface area contributed by atoms with Gasteiger partial charge in [0.1, 0.15) is 0 Å². The van der Waals surface area contributed by atoms with Gasteiger partial charge in [0.2, 0.25) is 6.41 Å². The molecule has 2 amide bonds. The van der Waals surface area contributed by atoms with E-state index in [0.29, 0.717) is 38.2 Å². The second kappa shape index (κ2) is 6.33. The van der Waals surface area contributed by atoms with E-state index >= 15 is 0 Å². The van der Waals surface area contributed by atoms with Crippen molar-refractivity contribution in [3.8, 4) is 0 Å². The van der Waals surface area contributed by atoms with Gasteiger partial charge in [-0.1, -0.05) is 0 Å². The zero-order valence-corrected chi connectivity index (χ0v) is 11.0. The monoisotopic (exact) mass is 265 g/mol. The summed E-state index contributed by atoms with van der Waals surface area (Å²) >= 11 is 0. The van der Waals surface area contributed by atoms with Gasteiger partial charge in [-0.05, 0) is 6.42 Å². The Bertz CT molecular complexity index is 469. The lowest BCUT2D eigenvalue weighted by molar-refractivity contribution is -0.109. The number of carbonyl (C=O) groups excluding carboxylic acids is 2. The maximum absolute atomic E-state index is 12.1. The molecule has 0 radical (unpaired) electrons. The Morgan fingerprint density at radius 2 is 2.37 bits per heavy atom. The fourth-order valence-electron chi connectivity index (χ4n) is 2.24. The summed E-state index contributed by atoms with van der Waals surface area (Å²) in [7, 11) is 1.87. The first-order valence-corrected chi connectivity index (χ1v) is 6.44. The van der Waals surface area contributed by atoms with Crippen LogP contribution < -0.4 is 16.0 Å². The van der Waals surface area contributed by atoms with E-state index in [9.17, 15) is 9.59 Å². The predicted octanol–water partition coefficient (Wildman–Crippen LogP) is -1.07. The van der Waals surface area contributed by atoms with Crippen LogP contribution in [-0.2, 0) is 24.8 Å². The van der Waals surface area contributed by atoms with E-state index in [-0.39, 0.29) is 5.91 Å². The normalized spacial score (nSPS) is 13.7. The number of fused-ring (bicyclic) bond motifs is 1. The zero-order valence-electron chi connectivity index (χ0n) is 11.0. The van der Waals surface area contributed by atoms with Crippen LogP contribution in [0.3, 0.4) is 0 Å². The van der Waals surface area contributed by atoms with Crippen molar-refractivity contribution in [3.63, 3.8) is 0 Å². The van der Waals surface area contributed by atoms with E-state index in [1.54, 1.807) is 4.68 Å². The summed E-state index contributed by atoms with van der Waals surface area (Å²) in [6.07, 6.45) is 2.26. The van der Waals surface area contributed by atoms with Crippen molar-refractivity contribution in [1.82, 2.24) is 25.7 Å². The lowest BCUT2D eigenvalue weighted by Crippen LogP contribution is -2.30. The number of amides is 2.